The maximum absolute atomic E-state index is 5.64. The zero-order valence-corrected chi connectivity index (χ0v) is 10.0. The Morgan fingerprint density at radius 1 is 1.13 bits per heavy atom. The minimum absolute atomic E-state index is 0.828. The van der Waals surface area contributed by atoms with Gasteiger partial charge >= 0.3 is 0 Å². The molecule has 0 aromatic carbocycles. The summed E-state index contributed by atoms with van der Waals surface area (Å²) in [6, 6.07) is 0. The Kier molecular flexibility index (Phi) is 4.45. The van der Waals surface area contributed by atoms with Gasteiger partial charge in [0.1, 0.15) is 0 Å². The highest BCUT2D eigenvalue weighted by atomic mass is 16.5. The van der Waals surface area contributed by atoms with Crippen LogP contribution in [0.25, 0.3) is 0 Å². The molecule has 2 nitrogen and oxygen atoms in total. The first-order valence-corrected chi connectivity index (χ1v) is 6.64. The van der Waals surface area contributed by atoms with Gasteiger partial charge in [-0.3, -0.25) is 0 Å². The van der Waals surface area contributed by atoms with Crippen LogP contribution in [0.1, 0.15) is 38.5 Å². The van der Waals surface area contributed by atoms with Crippen LogP contribution in [0.3, 0.4) is 0 Å². The molecular weight excluding hydrogens is 186 g/mol. The topological polar surface area (TPSA) is 21.3 Å². The van der Waals surface area contributed by atoms with E-state index in [9.17, 15) is 0 Å². The third-order valence-electron chi connectivity index (χ3n) is 4.25. The molecule has 2 rings (SSSR count). The van der Waals surface area contributed by atoms with E-state index in [4.69, 9.17) is 4.74 Å². The van der Waals surface area contributed by atoms with Crippen LogP contribution in [-0.2, 0) is 4.74 Å². The van der Waals surface area contributed by atoms with E-state index in [1.54, 1.807) is 0 Å². The first-order valence-electron chi connectivity index (χ1n) is 6.64. The minimum atomic E-state index is 0.828. The molecule has 88 valence electrons. The molecule has 0 aromatic heterocycles. The molecule has 1 saturated carbocycles. The first kappa shape index (κ1) is 11.4. The molecule has 2 atom stereocenters. The fourth-order valence-corrected chi connectivity index (χ4v) is 3.44. The zero-order chi connectivity index (χ0) is 10.5. The summed E-state index contributed by atoms with van der Waals surface area (Å²) in [5.74, 6) is 2.68. The van der Waals surface area contributed by atoms with Gasteiger partial charge in [-0.15, -0.1) is 0 Å². The van der Waals surface area contributed by atoms with Crippen molar-refractivity contribution >= 4 is 0 Å². The highest BCUT2D eigenvalue weighted by Gasteiger charge is 2.31. The van der Waals surface area contributed by atoms with E-state index in [2.05, 4.69) is 12.4 Å². The number of hydrogen-bond donors (Lipinski definition) is 1. The Morgan fingerprint density at radius 3 is 2.47 bits per heavy atom. The molecule has 1 aliphatic heterocycles. The van der Waals surface area contributed by atoms with Crippen molar-refractivity contribution in [2.24, 2.45) is 17.8 Å². The second kappa shape index (κ2) is 5.86. The van der Waals surface area contributed by atoms with Crippen LogP contribution in [0.2, 0.25) is 0 Å². The molecule has 2 unspecified atom stereocenters. The van der Waals surface area contributed by atoms with Crippen molar-refractivity contribution in [3.8, 4) is 0 Å². The van der Waals surface area contributed by atoms with Crippen molar-refractivity contribution in [1.29, 1.82) is 0 Å². The van der Waals surface area contributed by atoms with Gasteiger partial charge in [0, 0.05) is 13.2 Å². The van der Waals surface area contributed by atoms with E-state index >= 15 is 0 Å². The smallest absolute Gasteiger partial charge is 0.0497 e. The quantitative estimate of drug-likeness (QED) is 0.771. The minimum Gasteiger partial charge on any atom is -0.381 e. The molecule has 15 heavy (non-hydrogen) atoms. The monoisotopic (exact) mass is 211 g/mol. The van der Waals surface area contributed by atoms with Crippen molar-refractivity contribution in [3.05, 3.63) is 0 Å². The van der Waals surface area contributed by atoms with Gasteiger partial charge < -0.3 is 10.1 Å². The number of hydrogen-bond acceptors (Lipinski definition) is 2. The van der Waals surface area contributed by atoms with Crippen molar-refractivity contribution in [3.63, 3.8) is 0 Å². The summed E-state index contributed by atoms with van der Waals surface area (Å²) in [5, 5.41) is 3.39. The van der Waals surface area contributed by atoms with Gasteiger partial charge in [0.2, 0.25) is 0 Å². The first-order chi connectivity index (χ1) is 7.42. The van der Waals surface area contributed by atoms with Crippen LogP contribution >= 0.6 is 0 Å². The Labute approximate surface area is 93.8 Å². The summed E-state index contributed by atoms with van der Waals surface area (Å²) < 4.78 is 5.64. The highest BCUT2D eigenvalue weighted by molar-refractivity contribution is 4.83. The van der Waals surface area contributed by atoms with E-state index in [1.807, 2.05) is 0 Å². The van der Waals surface area contributed by atoms with E-state index < -0.39 is 0 Å². The van der Waals surface area contributed by atoms with Crippen LogP contribution in [0, 0.1) is 17.8 Å². The average Bonchev–Trinajstić information content (AvgIpc) is 2.80. The van der Waals surface area contributed by atoms with Gasteiger partial charge in [0.25, 0.3) is 0 Å². The predicted octanol–water partition coefficient (Wildman–Crippen LogP) is 2.44. The van der Waals surface area contributed by atoms with E-state index in [1.165, 1.54) is 45.1 Å². The molecule has 0 bridgehead atoms. The third kappa shape index (κ3) is 2.94. The number of rotatable bonds is 4. The lowest BCUT2D eigenvalue weighted by Crippen LogP contribution is -2.35. The standard InChI is InChI=1S/C13H25NO/c1-14-9-13(11-5-2-3-6-11)12-7-4-8-15-10-12/h11-14H,2-10H2,1H3. The van der Waals surface area contributed by atoms with Gasteiger partial charge in [-0.25, -0.2) is 0 Å². The lowest BCUT2D eigenvalue weighted by atomic mass is 9.78. The van der Waals surface area contributed by atoms with Gasteiger partial charge in [0.15, 0.2) is 0 Å². The number of nitrogens with one attached hydrogen (secondary N) is 1. The molecule has 0 spiro atoms. The molecule has 1 heterocycles. The molecule has 0 radical (unpaired) electrons. The summed E-state index contributed by atoms with van der Waals surface area (Å²) in [5.41, 5.74) is 0. The van der Waals surface area contributed by atoms with Crippen LogP contribution < -0.4 is 5.32 Å². The molecule has 0 amide bonds. The van der Waals surface area contributed by atoms with Crippen molar-refractivity contribution in [2.75, 3.05) is 26.8 Å². The lowest BCUT2D eigenvalue weighted by Gasteiger charge is -2.34. The molecule has 2 fully saturated rings. The van der Waals surface area contributed by atoms with E-state index in [0.717, 1.165) is 31.0 Å². The van der Waals surface area contributed by atoms with Crippen LogP contribution in [0.4, 0.5) is 0 Å². The molecule has 1 N–H and O–H groups in total. The molecular formula is C13H25NO. The van der Waals surface area contributed by atoms with Gasteiger partial charge in [0.05, 0.1) is 0 Å². The Bertz CT molecular complexity index is 171. The number of ether oxygens (including phenoxy) is 1. The van der Waals surface area contributed by atoms with Gasteiger partial charge in [-0.05, 0) is 44.2 Å². The zero-order valence-electron chi connectivity index (χ0n) is 10.0. The SMILES string of the molecule is CNCC(C1CCCC1)C1CCCOC1. The Morgan fingerprint density at radius 2 is 1.87 bits per heavy atom. The van der Waals surface area contributed by atoms with E-state index in [0.29, 0.717) is 0 Å². The molecule has 2 aliphatic rings. The molecule has 0 aromatic rings. The maximum Gasteiger partial charge on any atom is 0.0497 e. The predicted molar refractivity (Wildman–Crippen MR) is 62.9 cm³/mol. The van der Waals surface area contributed by atoms with Crippen LogP contribution in [0.5, 0.6) is 0 Å². The summed E-state index contributed by atoms with van der Waals surface area (Å²) in [4.78, 5) is 0. The molecule has 2 heteroatoms. The van der Waals surface area contributed by atoms with Gasteiger partial charge in [-0.1, -0.05) is 25.7 Å². The highest BCUT2D eigenvalue weighted by Crippen LogP contribution is 2.37. The van der Waals surface area contributed by atoms with Crippen LogP contribution in [-0.4, -0.2) is 26.8 Å². The fraction of sp³-hybridized carbons (Fsp3) is 1.00. The molecule has 1 saturated heterocycles. The summed E-state index contributed by atoms with van der Waals surface area (Å²) in [7, 11) is 2.09. The second-order valence-electron chi connectivity index (χ2n) is 5.24. The summed E-state index contributed by atoms with van der Waals surface area (Å²) in [6.07, 6.45) is 8.50. The van der Waals surface area contributed by atoms with Crippen LogP contribution in [0.15, 0.2) is 0 Å². The fourth-order valence-electron chi connectivity index (χ4n) is 3.44. The third-order valence-corrected chi connectivity index (χ3v) is 4.25. The normalized spacial score (nSPS) is 30.6. The van der Waals surface area contributed by atoms with Gasteiger partial charge in [-0.2, -0.15) is 0 Å². The maximum atomic E-state index is 5.64. The van der Waals surface area contributed by atoms with E-state index in [-0.39, 0.29) is 0 Å². The summed E-state index contributed by atoms with van der Waals surface area (Å²) in [6.45, 7) is 3.20. The Hall–Kier alpha value is -0.0800. The largest absolute Gasteiger partial charge is 0.381 e. The van der Waals surface area contributed by atoms with Crippen molar-refractivity contribution in [2.45, 2.75) is 38.5 Å². The molecule has 1 aliphatic carbocycles. The lowest BCUT2D eigenvalue weighted by molar-refractivity contribution is 0.0175. The average molecular weight is 211 g/mol. The van der Waals surface area contributed by atoms with Crippen molar-refractivity contribution in [1.82, 2.24) is 5.32 Å². The van der Waals surface area contributed by atoms with Crippen molar-refractivity contribution < 1.29 is 4.74 Å². The Balaban J connectivity index is 1.90. The summed E-state index contributed by atoms with van der Waals surface area (Å²) >= 11 is 0. The second-order valence-corrected chi connectivity index (χ2v) is 5.24.